The van der Waals surface area contributed by atoms with Crippen LogP contribution >= 0.6 is 0 Å². The quantitative estimate of drug-likeness (QED) is 0.201. The maximum absolute atomic E-state index is 11.1. The van der Waals surface area contributed by atoms with Crippen molar-refractivity contribution in [3.8, 4) is 0 Å². The lowest BCUT2D eigenvalue weighted by Gasteiger charge is -2.01. The van der Waals surface area contributed by atoms with E-state index in [1.807, 2.05) is 0 Å². The van der Waals surface area contributed by atoms with Gasteiger partial charge in [-0.25, -0.2) is 4.79 Å². The van der Waals surface area contributed by atoms with Gasteiger partial charge in [0.2, 0.25) is 11.5 Å². The molecule has 0 aliphatic heterocycles. The molecule has 0 heterocycles. The van der Waals surface area contributed by atoms with Crippen molar-refractivity contribution in [2.75, 3.05) is 13.7 Å². The van der Waals surface area contributed by atoms with Crippen LogP contribution < -0.4 is 0 Å². The number of hydrogen-bond donors (Lipinski definition) is 0. The van der Waals surface area contributed by atoms with Gasteiger partial charge < -0.3 is 9.57 Å². The van der Waals surface area contributed by atoms with Crippen molar-refractivity contribution in [2.45, 2.75) is 13.8 Å². The average molecular weight is 201 g/mol. The molecule has 0 spiro atoms. The highest BCUT2D eigenvalue weighted by Gasteiger charge is 2.26. The van der Waals surface area contributed by atoms with Crippen LogP contribution in [0, 0.1) is 0 Å². The minimum atomic E-state index is -1.02. The molecule has 6 nitrogen and oxygen atoms in total. The van der Waals surface area contributed by atoms with E-state index in [9.17, 15) is 14.4 Å². The average Bonchev–Trinajstić information content (AvgIpc) is 2.13. The number of ether oxygens (including phenoxy) is 1. The summed E-state index contributed by atoms with van der Waals surface area (Å²) in [6.45, 7) is 2.69. The summed E-state index contributed by atoms with van der Waals surface area (Å²) < 4.78 is 4.51. The molecular formula is C8H11NO5. The van der Waals surface area contributed by atoms with Crippen molar-refractivity contribution < 1.29 is 24.0 Å². The van der Waals surface area contributed by atoms with Crippen LogP contribution in [0.3, 0.4) is 0 Å². The molecule has 0 aromatic carbocycles. The Kier molecular flexibility index (Phi) is 5.13. The number of rotatable bonds is 5. The summed E-state index contributed by atoms with van der Waals surface area (Å²) in [6, 6.07) is 0. The van der Waals surface area contributed by atoms with Gasteiger partial charge in [-0.15, -0.1) is 0 Å². The van der Waals surface area contributed by atoms with Crippen molar-refractivity contribution in [3.05, 3.63) is 0 Å². The molecule has 0 aliphatic carbocycles. The first-order chi connectivity index (χ1) is 6.54. The van der Waals surface area contributed by atoms with Crippen molar-refractivity contribution in [3.63, 3.8) is 0 Å². The Balaban J connectivity index is 4.78. The van der Waals surface area contributed by atoms with Gasteiger partial charge in [-0.3, -0.25) is 9.59 Å². The van der Waals surface area contributed by atoms with Gasteiger partial charge in [0.15, 0.2) is 0 Å². The summed E-state index contributed by atoms with van der Waals surface area (Å²) in [4.78, 5) is 37.1. The number of ketones is 2. The Morgan fingerprint density at radius 2 is 1.86 bits per heavy atom. The molecule has 0 saturated carbocycles. The number of carbonyl (C=O) groups is 3. The minimum Gasteiger partial charge on any atom is -0.461 e. The predicted molar refractivity (Wildman–Crippen MR) is 46.8 cm³/mol. The number of nitrogens with zero attached hydrogens (tertiary/aromatic N) is 1. The Bertz CT molecular complexity index is 281. The second-order valence-corrected chi connectivity index (χ2v) is 2.23. The zero-order valence-electron chi connectivity index (χ0n) is 8.20. The van der Waals surface area contributed by atoms with Crippen LogP contribution in [0.5, 0.6) is 0 Å². The Morgan fingerprint density at radius 1 is 1.29 bits per heavy atom. The van der Waals surface area contributed by atoms with Crippen molar-refractivity contribution >= 4 is 23.2 Å². The molecule has 0 rings (SSSR count). The fourth-order valence-electron chi connectivity index (χ4n) is 0.629. The van der Waals surface area contributed by atoms with Crippen molar-refractivity contribution in [2.24, 2.45) is 5.16 Å². The molecular weight excluding hydrogens is 190 g/mol. The number of Topliss-reactive ketones (excluding diaryl/α,β-unsaturated/α-hetero) is 2. The molecule has 0 bridgehead atoms. The van der Waals surface area contributed by atoms with E-state index in [-0.39, 0.29) is 6.61 Å². The Hall–Kier alpha value is -1.72. The molecule has 0 amide bonds. The topological polar surface area (TPSA) is 82.0 Å². The first-order valence-corrected chi connectivity index (χ1v) is 3.88. The van der Waals surface area contributed by atoms with Gasteiger partial charge in [0.1, 0.15) is 7.11 Å². The highest BCUT2D eigenvalue weighted by atomic mass is 16.6. The van der Waals surface area contributed by atoms with Gasteiger partial charge in [0, 0.05) is 6.92 Å². The van der Waals surface area contributed by atoms with E-state index < -0.39 is 23.2 Å². The molecule has 0 fully saturated rings. The smallest absolute Gasteiger partial charge is 0.364 e. The SMILES string of the molecule is CCOC(=O)/C(=N\OC)C(=O)C(C)=O. The van der Waals surface area contributed by atoms with Crippen LogP contribution in [0.4, 0.5) is 0 Å². The maximum Gasteiger partial charge on any atom is 0.364 e. The van der Waals surface area contributed by atoms with Crippen LogP contribution in [-0.2, 0) is 24.0 Å². The second-order valence-electron chi connectivity index (χ2n) is 2.23. The summed E-state index contributed by atoms with van der Waals surface area (Å²) in [5.74, 6) is -2.78. The first kappa shape index (κ1) is 12.3. The first-order valence-electron chi connectivity index (χ1n) is 3.88. The highest BCUT2D eigenvalue weighted by molar-refractivity contribution is 6.78. The number of hydrogen-bond acceptors (Lipinski definition) is 6. The lowest BCUT2D eigenvalue weighted by molar-refractivity contribution is -0.138. The van der Waals surface area contributed by atoms with Crippen molar-refractivity contribution in [1.82, 2.24) is 0 Å². The summed E-state index contributed by atoms with van der Waals surface area (Å²) in [6.07, 6.45) is 0. The van der Waals surface area contributed by atoms with Gasteiger partial charge in [-0.2, -0.15) is 0 Å². The van der Waals surface area contributed by atoms with E-state index in [0.717, 1.165) is 14.0 Å². The van der Waals surface area contributed by atoms with E-state index >= 15 is 0 Å². The predicted octanol–water partition coefficient (Wildman–Crippen LogP) is -0.290. The molecule has 0 atom stereocenters. The van der Waals surface area contributed by atoms with Gasteiger partial charge >= 0.3 is 5.97 Å². The van der Waals surface area contributed by atoms with Gasteiger partial charge in [-0.1, -0.05) is 5.16 Å². The van der Waals surface area contributed by atoms with Crippen molar-refractivity contribution in [1.29, 1.82) is 0 Å². The molecule has 0 aliphatic rings. The number of carbonyl (C=O) groups excluding carboxylic acids is 3. The summed E-state index contributed by atoms with van der Waals surface area (Å²) in [5, 5.41) is 3.14. The second kappa shape index (κ2) is 5.85. The van der Waals surface area contributed by atoms with Gasteiger partial charge in [-0.05, 0) is 6.92 Å². The lowest BCUT2D eigenvalue weighted by atomic mass is 10.2. The van der Waals surface area contributed by atoms with Crippen LogP contribution in [-0.4, -0.2) is 37.0 Å². The third kappa shape index (κ3) is 3.34. The van der Waals surface area contributed by atoms with E-state index in [4.69, 9.17) is 0 Å². The summed E-state index contributed by atoms with van der Waals surface area (Å²) in [5.41, 5.74) is -0.637. The lowest BCUT2D eigenvalue weighted by Crippen LogP contribution is -2.31. The number of oxime groups is 1. The monoisotopic (exact) mass is 201 g/mol. The maximum atomic E-state index is 11.1. The highest BCUT2D eigenvalue weighted by Crippen LogP contribution is 1.90. The third-order valence-corrected chi connectivity index (χ3v) is 1.19. The third-order valence-electron chi connectivity index (χ3n) is 1.19. The van der Waals surface area contributed by atoms with E-state index in [1.165, 1.54) is 0 Å². The molecule has 0 radical (unpaired) electrons. The zero-order chi connectivity index (χ0) is 11.1. The molecule has 0 saturated heterocycles. The van der Waals surface area contributed by atoms with Crippen LogP contribution in [0.2, 0.25) is 0 Å². The van der Waals surface area contributed by atoms with Crippen LogP contribution in [0.15, 0.2) is 5.16 Å². The standard InChI is InChI=1S/C8H11NO5/c1-4-14-8(12)6(9-13-3)7(11)5(2)10/h4H2,1-3H3/b9-6-. The Labute approximate surface area is 80.9 Å². The van der Waals surface area contributed by atoms with E-state index in [2.05, 4.69) is 14.7 Å². The summed E-state index contributed by atoms with van der Waals surface area (Å²) >= 11 is 0. The van der Waals surface area contributed by atoms with Crippen LogP contribution in [0.25, 0.3) is 0 Å². The van der Waals surface area contributed by atoms with Gasteiger partial charge in [0.05, 0.1) is 6.61 Å². The minimum absolute atomic E-state index is 0.0900. The molecule has 0 unspecified atom stereocenters. The Morgan fingerprint density at radius 3 is 2.21 bits per heavy atom. The molecule has 14 heavy (non-hydrogen) atoms. The largest absolute Gasteiger partial charge is 0.461 e. The fourth-order valence-corrected chi connectivity index (χ4v) is 0.629. The molecule has 0 aromatic heterocycles. The molecule has 0 N–H and O–H groups in total. The van der Waals surface area contributed by atoms with Crippen LogP contribution in [0.1, 0.15) is 13.8 Å². The van der Waals surface area contributed by atoms with E-state index in [1.54, 1.807) is 6.92 Å². The number of esters is 1. The molecule has 6 heteroatoms. The summed E-state index contributed by atoms with van der Waals surface area (Å²) in [7, 11) is 1.16. The normalized spacial score (nSPS) is 10.6. The molecule has 78 valence electrons. The van der Waals surface area contributed by atoms with Gasteiger partial charge in [0.25, 0.3) is 5.78 Å². The van der Waals surface area contributed by atoms with E-state index in [0.29, 0.717) is 0 Å². The zero-order valence-corrected chi connectivity index (χ0v) is 8.20. The molecule has 0 aromatic rings. The fraction of sp³-hybridized carbons (Fsp3) is 0.500.